The van der Waals surface area contributed by atoms with E-state index in [9.17, 15) is 24.6 Å². The molecule has 0 aromatic heterocycles. The fourth-order valence-corrected chi connectivity index (χ4v) is 5.73. The van der Waals surface area contributed by atoms with Crippen molar-refractivity contribution >= 4 is 17.5 Å². The lowest BCUT2D eigenvalue weighted by Crippen LogP contribution is -2.56. The topological polar surface area (TPSA) is 123 Å². The number of esters is 1. The highest BCUT2D eigenvalue weighted by Gasteiger charge is 2.44. The van der Waals surface area contributed by atoms with E-state index in [0.717, 1.165) is 0 Å². The number of carbonyl (C=O) groups is 3. The number of nitrogens with zero attached hydrogens (tertiary/aromatic N) is 1. The summed E-state index contributed by atoms with van der Waals surface area (Å²) < 4.78 is 17.9. The Morgan fingerprint density at radius 2 is 1.70 bits per heavy atom. The number of hydrogen-bond donors (Lipinski definition) is 2. The van der Waals surface area contributed by atoms with E-state index in [-0.39, 0.29) is 48.4 Å². The van der Waals surface area contributed by atoms with Crippen molar-refractivity contribution < 1.29 is 38.8 Å². The third kappa shape index (κ3) is 7.82. The molecule has 2 aliphatic heterocycles. The third-order valence-electron chi connectivity index (χ3n) is 8.33. The van der Waals surface area contributed by atoms with Crippen LogP contribution < -0.4 is 0 Å². The van der Waals surface area contributed by atoms with Crippen molar-refractivity contribution in [2.45, 2.75) is 123 Å². The molecule has 11 atom stereocenters. The summed E-state index contributed by atoms with van der Waals surface area (Å²) >= 11 is 0. The Balaban J connectivity index is 2.39. The Kier molecular flexibility index (Phi) is 11.3. The maximum atomic E-state index is 13.5. The molecule has 9 nitrogen and oxygen atoms in total. The van der Waals surface area contributed by atoms with E-state index in [2.05, 4.69) is 0 Å². The van der Waals surface area contributed by atoms with Crippen molar-refractivity contribution in [1.82, 2.24) is 4.90 Å². The minimum Gasteiger partial charge on any atom is -0.459 e. The van der Waals surface area contributed by atoms with E-state index in [0.29, 0.717) is 19.3 Å². The second kappa shape index (κ2) is 13.1. The predicted octanol–water partition coefficient (Wildman–Crippen LogP) is 2.74. The molecule has 0 spiro atoms. The van der Waals surface area contributed by atoms with Crippen LogP contribution in [-0.2, 0) is 28.6 Å². The van der Waals surface area contributed by atoms with Gasteiger partial charge >= 0.3 is 5.97 Å². The van der Waals surface area contributed by atoms with Crippen molar-refractivity contribution in [2.24, 2.45) is 23.7 Å². The molecule has 2 saturated heterocycles. The van der Waals surface area contributed by atoms with Gasteiger partial charge in [-0.3, -0.25) is 14.4 Å². The lowest BCUT2D eigenvalue weighted by Gasteiger charge is -2.43. The van der Waals surface area contributed by atoms with Gasteiger partial charge in [-0.15, -0.1) is 0 Å². The quantitative estimate of drug-likeness (QED) is 0.420. The van der Waals surface area contributed by atoms with Crippen LogP contribution in [0.1, 0.15) is 80.6 Å². The fraction of sp³-hybridized carbons (Fsp3) is 0.893. The lowest BCUT2D eigenvalue weighted by atomic mass is 9.79. The van der Waals surface area contributed by atoms with Gasteiger partial charge in [-0.25, -0.2) is 0 Å². The van der Waals surface area contributed by atoms with Crippen molar-refractivity contribution in [3.63, 3.8) is 0 Å². The molecular weight excluding hydrogens is 478 g/mol. The average Bonchev–Trinajstić information content (AvgIpc) is 2.83. The smallest absolute Gasteiger partial charge is 0.316 e. The zero-order chi connectivity index (χ0) is 28.2. The van der Waals surface area contributed by atoms with E-state index in [1.807, 2.05) is 39.8 Å². The van der Waals surface area contributed by atoms with E-state index >= 15 is 0 Å². The van der Waals surface area contributed by atoms with Gasteiger partial charge in [0, 0.05) is 24.3 Å². The number of ether oxygens (including phenoxy) is 3. The fourth-order valence-electron chi connectivity index (χ4n) is 5.73. The highest BCUT2D eigenvalue weighted by Crippen LogP contribution is 2.33. The van der Waals surface area contributed by atoms with Crippen LogP contribution in [0.5, 0.6) is 0 Å². The van der Waals surface area contributed by atoms with Gasteiger partial charge in [-0.05, 0) is 66.5 Å². The maximum absolute atomic E-state index is 13.5. The van der Waals surface area contributed by atoms with Crippen LogP contribution >= 0.6 is 0 Å². The first kappa shape index (κ1) is 31.8. The molecule has 2 aliphatic rings. The summed E-state index contributed by atoms with van der Waals surface area (Å²) in [4.78, 5) is 41.4. The largest absolute Gasteiger partial charge is 0.459 e. The highest BCUT2D eigenvalue weighted by atomic mass is 16.7. The number of rotatable bonds is 4. The van der Waals surface area contributed by atoms with Gasteiger partial charge in [0.1, 0.15) is 23.9 Å². The Labute approximate surface area is 222 Å². The maximum Gasteiger partial charge on any atom is 0.316 e. The Morgan fingerprint density at radius 1 is 1.08 bits per heavy atom. The summed E-state index contributed by atoms with van der Waals surface area (Å²) in [6.07, 6.45) is -1.82. The Hall–Kier alpha value is -1.39. The molecule has 0 aliphatic carbocycles. The SMILES string of the molecule is CC[C@H]1OC(=O)[C@H](C)C(=O)[C@H](C)[C@@H](OC2OC(C)CC(N(C)C)C2O)[C@@H](C)C[C@@H](C)C(=O)CC[C@]1(C)O. The number of carbonyl (C=O) groups excluding carboxylic acids is 3. The molecule has 2 fully saturated rings. The number of Topliss-reactive ketones (excluding diaryl/α,β-unsaturated/α-hetero) is 2. The van der Waals surface area contributed by atoms with Crippen LogP contribution in [0.3, 0.4) is 0 Å². The second-order valence-corrected chi connectivity index (χ2v) is 11.9. The van der Waals surface area contributed by atoms with E-state index < -0.39 is 48.0 Å². The summed E-state index contributed by atoms with van der Waals surface area (Å²) in [5.74, 6) is -3.43. The zero-order valence-electron chi connectivity index (χ0n) is 24.1. The first-order valence-corrected chi connectivity index (χ1v) is 13.7. The summed E-state index contributed by atoms with van der Waals surface area (Å²) in [6.45, 7) is 12.3. The molecule has 0 radical (unpaired) electrons. The molecule has 2 N–H and O–H groups in total. The zero-order valence-corrected chi connectivity index (χ0v) is 24.1. The van der Waals surface area contributed by atoms with E-state index in [4.69, 9.17) is 14.2 Å². The monoisotopic (exact) mass is 527 g/mol. The van der Waals surface area contributed by atoms with Gasteiger partial charge in [0.15, 0.2) is 12.1 Å². The van der Waals surface area contributed by atoms with E-state index in [1.54, 1.807) is 20.8 Å². The van der Waals surface area contributed by atoms with Crippen LogP contribution in [0.2, 0.25) is 0 Å². The molecule has 0 aromatic carbocycles. The molecule has 0 bridgehead atoms. The first-order chi connectivity index (χ1) is 17.1. The molecule has 37 heavy (non-hydrogen) atoms. The number of aliphatic hydroxyl groups excluding tert-OH is 1. The highest BCUT2D eigenvalue weighted by molar-refractivity contribution is 6.00. The van der Waals surface area contributed by atoms with Gasteiger partial charge in [-0.1, -0.05) is 27.7 Å². The average molecular weight is 528 g/mol. The molecule has 214 valence electrons. The molecule has 0 saturated carbocycles. The van der Waals surface area contributed by atoms with Gasteiger partial charge < -0.3 is 29.3 Å². The number of cyclic esters (lactones) is 1. The van der Waals surface area contributed by atoms with E-state index in [1.165, 1.54) is 6.92 Å². The number of ketones is 2. The van der Waals surface area contributed by atoms with Crippen molar-refractivity contribution in [1.29, 1.82) is 0 Å². The molecular formula is C28H49NO8. The van der Waals surface area contributed by atoms with Gasteiger partial charge in [0.2, 0.25) is 0 Å². The summed E-state index contributed by atoms with van der Waals surface area (Å²) in [5.41, 5.74) is -1.39. The standard InChI is InChI=1S/C28H49NO8/c1-10-22-28(7,34)12-11-21(30)15(2)13-16(3)25(18(5)23(31)19(6)26(33)36-22)37-27-24(32)20(29(8)9)14-17(4)35-27/h15-20,22,24-25,27,32,34H,10-14H2,1-9H3/t15-,16+,17?,18+,19-,20?,22-,24?,25+,27?,28+/m1/s1. The lowest BCUT2D eigenvalue weighted by molar-refractivity contribution is -0.278. The van der Waals surface area contributed by atoms with Crippen molar-refractivity contribution in [3.05, 3.63) is 0 Å². The summed E-state index contributed by atoms with van der Waals surface area (Å²) in [5, 5.41) is 22.0. The van der Waals surface area contributed by atoms with Gasteiger partial charge in [0.25, 0.3) is 0 Å². The third-order valence-corrected chi connectivity index (χ3v) is 8.33. The summed E-state index contributed by atoms with van der Waals surface area (Å²) in [6, 6.07) is -0.179. The minimum absolute atomic E-state index is 0.00768. The van der Waals surface area contributed by atoms with Crippen LogP contribution in [0.25, 0.3) is 0 Å². The first-order valence-electron chi connectivity index (χ1n) is 13.7. The second-order valence-electron chi connectivity index (χ2n) is 11.9. The molecule has 0 amide bonds. The molecule has 2 heterocycles. The predicted molar refractivity (Wildman–Crippen MR) is 139 cm³/mol. The molecule has 2 rings (SSSR count). The molecule has 9 heteroatoms. The number of aliphatic hydroxyl groups is 2. The van der Waals surface area contributed by atoms with Crippen molar-refractivity contribution in [3.8, 4) is 0 Å². The minimum atomic E-state index is -1.39. The summed E-state index contributed by atoms with van der Waals surface area (Å²) in [7, 11) is 3.78. The molecule has 0 aromatic rings. The number of hydrogen-bond acceptors (Lipinski definition) is 9. The van der Waals surface area contributed by atoms with Gasteiger partial charge in [-0.2, -0.15) is 0 Å². The van der Waals surface area contributed by atoms with Crippen molar-refractivity contribution in [2.75, 3.05) is 14.1 Å². The van der Waals surface area contributed by atoms with Gasteiger partial charge in [0.05, 0.1) is 17.8 Å². The van der Waals surface area contributed by atoms with Crippen LogP contribution in [0.4, 0.5) is 0 Å². The molecule has 4 unspecified atom stereocenters. The van der Waals surface area contributed by atoms with Crippen LogP contribution in [0, 0.1) is 23.7 Å². The van der Waals surface area contributed by atoms with Crippen LogP contribution in [0.15, 0.2) is 0 Å². The Morgan fingerprint density at radius 3 is 2.27 bits per heavy atom. The Bertz CT molecular complexity index is 799. The normalized spacial score (nSPS) is 43.4. The van der Waals surface area contributed by atoms with Crippen LogP contribution in [-0.4, -0.2) is 89.1 Å². The number of likely N-dealkylation sites (N-methyl/N-ethyl adjacent to an activating group) is 1.